The fourth-order valence-electron chi connectivity index (χ4n) is 2.66. The van der Waals surface area contributed by atoms with Gasteiger partial charge in [0.2, 0.25) is 5.91 Å². The zero-order valence-corrected chi connectivity index (χ0v) is 16.3. The number of hydrogen-bond acceptors (Lipinski definition) is 4. The summed E-state index contributed by atoms with van der Waals surface area (Å²) in [6, 6.07) is 0. The van der Waals surface area contributed by atoms with Crippen LogP contribution in [0.3, 0.4) is 0 Å². The predicted octanol–water partition coefficient (Wildman–Crippen LogP) is 3.10. The van der Waals surface area contributed by atoms with Gasteiger partial charge in [0, 0.05) is 37.8 Å². The molecule has 1 saturated heterocycles. The number of carbonyl (C=O) groups excluding carboxylic acids is 1. The molecule has 0 aromatic rings. The van der Waals surface area contributed by atoms with Crippen molar-refractivity contribution in [3.63, 3.8) is 0 Å². The maximum Gasteiger partial charge on any atom is 0.343 e. The topological polar surface area (TPSA) is 90.9 Å². The lowest BCUT2D eigenvalue weighted by atomic mass is 10.1. The molecule has 1 aliphatic heterocycles. The van der Waals surface area contributed by atoms with Gasteiger partial charge < -0.3 is 4.52 Å². The van der Waals surface area contributed by atoms with E-state index in [-0.39, 0.29) is 12.0 Å². The molecule has 0 spiro atoms. The third kappa shape index (κ3) is 8.00. The second-order valence-corrected chi connectivity index (χ2v) is 8.65. The summed E-state index contributed by atoms with van der Waals surface area (Å²) in [4.78, 5) is 10.9. The third-order valence-electron chi connectivity index (χ3n) is 3.93. The van der Waals surface area contributed by atoms with Crippen LogP contribution in [0.25, 0.3) is 0 Å². The van der Waals surface area contributed by atoms with E-state index in [1.807, 2.05) is 0 Å². The molecule has 0 radical (unpaired) electrons. The average molecular weight is 404 g/mol. The second-order valence-electron chi connectivity index (χ2n) is 5.76. The summed E-state index contributed by atoms with van der Waals surface area (Å²) in [6.07, 6.45) is 5.56. The van der Waals surface area contributed by atoms with Gasteiger partial charge in [-0.25, -0.2) is 15.2 Å². The van der Waals surface area contributed by atoms with E-state index in [1.54, 1.807) is 10.2 Å². The second kappa shape index (κ2) is 12.5. The van der Waals surface area contributed by atoms with E-state index in [0.29, 0.717) is 37.8 Å². The SMILES string of the molecule is O=C(CCCCCCC1CCNP(=O)(N(CCCl)CCCl)O1)NO. The molecule has 2 unspecified atom stereocenters. The highest BCUT2D eigenvalue weighted by Gasteiger charge is 2.36. The number of unbranched alkanes of at least 4 members (excludes halogenated alkanes) is 3. The van der Waals surface area contributed by atoms with E-state index in [9.17, 15) is 9.36 Å². The number of hydroxylamine groups is 1. The van der Waals surface area contributed by atoms with Gasteiger partial charge in [0.1, 0.15) is 0 Å². The van der Waals surface area contributed by atoms with Gasteiger partial charge in [-0.1, -0.05) is 19.3 Å². The molecule has 1 fully saturated rings. The Morgan fingerprint density at radius 2 is 1.92 bits per heavy atom. The average Bonchev–Trinajstić information content (AvgIpc) is 2.57. The van der Waals surface area contributed by atoms with Gasteiger partial charge in [-0.05, 0) is 19.3 Å². The fraction of sp³-hybridized carbons (Fsp3) is 0.929. The Bertz CT molecular complexity index is 411. The van der Waals surface area contributed by atoms with Gasteiger partial charge in [-0.3, -0.25) is 14.6 Å². The van der Waals surface area contributed by atoms with Gasteiger partial charge in [0.05, 0.1) is 6.10 Å². The molecule has 10 heteroatoms. The standard InChI is InChI=1S/C14H28Cl2N3O4P/c15-8-11-19(12-9-16)24(22)17-10-7-13(23-24)5-3-1-2-4-6-14(20)18-21/h13,21H,1-12H2,(H,17,22)(H,18,20). The Morgan fingerprint density at radius 1 is 1.25 bits per heavy atom. The first-order chi connectivity index (χ1) is 11.6. The molecule has 1 aliphatic rings. The smallest absolute Gasteiger partial charge is 0.303 e. The van der Waals surface area contributed by atoms with Crippen LogP contribution in [0.15, 0.2) is 0 Å². The van der Waals surface area contributed by atoms with Gasteiger partial charge in [-0.15, -0.1) is 23.2 Å². The number of hydrogen-bond donors (Lipinski definition) is 3. The van der Waals surface area contributed by atoms with E-state index in [4.69, 9.17) is 32.9 Å². The minimum atomic E-state index is -3.06. The molecule has 1 amide bonds. The first-order valence-corrected chi connectivity index (χ1v) is 11.0. The Kier molecular flexibility index (Phi) is 11.5. The molecule has 0 saturated carbocycles. The lowest BCUT2D eigenvalue weighted by Gasteiger charge is -2.37. The maximum atomic E-state index is 13.0. The summed E-state index contributed by atoms with van der Waals surface area (Å²) in [5.41, 5.74) is 1.63. The lowest BCUT2D eigenvalue weighted by Crippen LogP contribution is -2.39. The molecule has 0 bridgehead atoms. The Balaban J connectivity index is 2.31. The third-order valence-corrected chi connectivity index (χ3v) is 6.62. The molecule has 2 atom stereocenters. The summed E-state index contributed by atoms with van der Waals surface area (Å²) in [6.45, 7) is 1.59. The van der Waals surface area contributed by atoms with Crippen molar-refractivity contribution in [3.8, 4) is 0 Å². The van der Waals surface area contributed by atoms with Crippen LogP contribution in [0.4, 0.5) is 0 Å². The minimum absolute atomic E-state index is 0.0361. The number of carbonyl (C=O) groups is 1. The van der Waals surface area contributed by atoms with Crippen molar-refractivity contribution < 1.29 is 19.1 Å². The molecule has 142 valence electrons. The quantitative estimate of drug-likeness (QED) is 0.152. The normalized spacial score (nSPS) is 24.2. The van der Waals surface area contributed by atoms with Crippen LogP contribution in [0.5, 0.6) is 0 Å². The highest BCUT2D eigenvalue weighted by atomic mass is 35.5. The molecule has 0 aliphatic carbocycles. The van der Waals surface area contributed by atoms with Crippen molar-refractivity contribution >= 4 is 36.8 Å². The zero-order valence-electron chi connectivity index (χ0n) is 13.9. The molecular formula is C14H28Cl2N3O4P. The monoisotopic (exact) mass is 403 g/mol. The molecule has 0 aromatic heterocycles. The number of rotatable bonds is 12. The Labute approximate surface area is 153 Å². The molecule has 7 nitrogen and oxygen atoms in total. The summed E-state index contributed by atoms with van der Waals surface area (Å²) in [7, 11) is -3.06. The van der Waals surface area contributed by atoms with Gasteiger partial charge >= 0.3 is 7.67 Å². The summed E-state index contributed by atoms with van der Waals surface area (Å²) in [5, 5.41) is 11.4. The van der Waals surface area contributed by atoms with Crippen LogP contribution in [-0.2, 0) is 13.9 Å². The van der Waals surface area contributed by atoms with Crippen molar-refractivity contribution in [2.45, 2.75) is 51.0 Å². The summed E-state index contributed by atoms with van der Waals surface area (Å²) >= 11 is 11.6. The van der Waals surface area contributed by atoms with E-state index >= 15 is 0 Å². The van der Waals surface area contributed by atoms with Crippen molar-refractivity contribution in [2.75, 3.05) is 31.4 Å². The number of alkyl halides is 2. The highest BCUT2D eigenvalue weighted by molar-refractivity contribution is 7.54. The van der Waals surface area contributed by atoms with E-state index in [1.165, 1.54) is 0 Å². The van der Waals surface area contributed by atoms with Crippen molar-refractivity contribution in [1.29, 1.82) is 0 Å². The van der Waals surface area contributed by atoms with Crippen LogP contribution >= 0.6 is 30.9 Å². The lowest BCUT2D eigenvalue weighted by molar-refractivity contribution is -0.129. The van der Waals surface area contributed by atoms with Crippen LogP contribution in [0.2, 0.25) is 0 Å². The minimum Gasteiger partial charge on any atom is -0.303 e. The number of halogens is 2. The van der Waals surface area contributed by atoms with Crippen LogP contribution in [0.1, 0.15) is 44.9 Å². The molecule has 0 aromatic carbocycles. The van der Waals surface area contributed by atoms with Crippen LogP contribution in [-0.4, -0.2) is 53.3 Å². The van der Waals surface area contributed by atoms with E-state index in [0.717, 1.165) is 38.5 Å². The first-order valence-electron chi connectivity index (χ1n) is 8.39. The predicted molar refractivity (Wildman–Crippen MR) is 95.7 cm³/mol. The summed E-state index contributed by atoms with van der Waals surface area (Å²) in [5.74, 6) is 0.395. The first kappa shape index (κ1) is 22.2. The summed E-state index contributed by atoms with van der Waals surface area (Å²) < 4.78 is 20.5. The Hall–Kier alpha value is 0.120. The number of nitrogens with one attached hydrogen (secondary N) is 2. The van der Waals surface area contributed by atoms with Crippen molar-refractivity contribution in [3.05, 3.63) is 0 Å². The molecule has 24 heavy (non-hydrogen) atoms. The number of amides is 1. The Morgan fingerprint density at radius 3 is 2.54 bits per heavy atom. The molecule has 3 N–H and O–H groups in total. The molecular weight excluding hydrogens is 376 g/mol. The van der Waals surface area contributed by atoms with E-state index < -0.39 is 7.67 Å². The van der Waals surface area contributed by atoms with Gasteiger partial charge in [-0.2, -0.15) is 0 Å². The number of nitrogens with zero attached hydrogens (tertiary/aromatic N) is 1. The van der Waals surface area contributed by atoms with E-state index in [2.05, 4.69) is 5.09 Å². The molecule has 1 rings (SSSR count). The van der Waals surface area contributed by atoms with Gasteiger partial charge in [0.25, 0.3) is 0 Å². The maximum absolute atomic E-state index is 13.0. The van der Waals surface area contributed by atoms with Gasteiger partial charge in [0.15, 0.2) is 0 Å². The highest BCUT2D eigenvalue weighted by Crippen LogP contribution is 2.50. The van der Waals surface area contributed by atoms with Crippen LogP contribution < -0.4 is 10.6 Å². The zero-order chi connectivity index (χ0) is 17.8. The fourth-order valence-corrected chi connectivity index (χ4v) is 5.46. The largest absolute Gasteiger partial charge is 0.343 e. The van der Waals surface area contributed by atoms with Crippen molar-refractivity contribution in [2.24, 2.45) is 0 Å². The molecule has 1 heterocycles. The van der Waals surface area contributed by atoms with Crippen molar-refractivity contribution in [1.82, 2.24) is 15.2 Å². The van der Waals surface area contributed by atoms with Crippen LogP contribution in [0, 0.1) is 0 Å².